The van der Waals surface area contributed by atoms with E-state index >= 15 is 0 Å². The molecule has 4 fully saturated rings. The number of amides is 3. The molecule has 3 amide bonds. The summed E-state index contributed by atoms with van der Waals surface area (Å²) in [5, 5.41) is 10.6. The summed E-state index contributed by atoms with van der Waals surface area (Å²) in [7, 11) is 1.71. The predicted octanol–water partition coefficient (Wildman–Crippen LogP) is 1.40. The lowest BCUT2D eigenvalue weighted by atomic mass is 9.62. The highest BCUT2D eigenvalue weighted by atomic mass is 16.5. The van der Waals surface area contributed by atoms with Crippen LogP contribution in [0.4, 0.5) is 0 Å². The molecular weight excluding hydrogens is 524 g/mol. The standard InChI is InChI=1S/C31H50N4O6/c1-8-11-32(7)27(37)24-25-28(38)35(23(20-36)21(4)10-3)26(31(25)19-22(5)30(24,6)41-31)29(39)34(12-9-2)14-13-33-15-17-40-18-16-33/h8-9,21-26,36H,1-2,10-20H2,3-7H3/t21-,22?,23-,24-,25-,26?,30+,31?/m0/s1. The minimum Gasteiger partial charge on any atom is -0.394 e. The molecule has 4 aliphatic heterocycles. The molecular formula is C31H50N4O6. The van der Waals surface area contributed by atoms with Gasteiger partial charge in [-0.05, 0) is 25.2 Å². The predicted molar refractivity (Wildman–Crippen MR) is 156 cm³/mol. The number of ether oxygens (including phenoxy) is 2. The molecule has 0 aromatic heterocycles. The molecule has 0 aromatic carbocycles. The second-order valence-corrected chi connectivity index (χ2v) is 12.6. The molecule has 4 heterocycles. The van der Waals surface area contributed by atoms with E-state index in [1.165, 1.54) is 0 Å². The number of carbonyl (C=O) groups is 3. The third kappa shape index (κ3) is 5.26. The monoisotopic (exact) mass is 574 g/mol. The molecule has 10 heteroatoms. The minimum absolute atomic E-state index is 0.0507. The van der Waals surface area contributed by atoms with Gasteiger partial charge in [-0.25, -0.2) is 0 Å². The Bertz CT molecular complexity index is 1020. The molecule has 4 saturated heterocycles. The first kappa shape index (κ1) is 31.7. The summed E-state index contributed by atoms with van der Waals surface area (Å²) >= 11 is 0. The summed E-state index contributed by atoms with van der Waals surface area (Å²) in [4.78, 5) is 50.5. The van der Waals surface area contributed by atoms with Crippen LogP contribution in [0, 0.1) is 23.7 Å². The number of rotatable bonds is 13. The summed E-state index contributed by atoms with van der Waals surface area (Å²) < 4.78 is 12.4. The molecule has 3 unspecified atom stereocenters. The van der Waals surface area contributed by atoms with E-state index in [-0.39, 0.29) is 36.2 Å². The Morgan fingerprint density at radius 2 is 1.85 bits per heavy atom. The van der Waals surface area contributed by atoms with Crippen LogP contribution in [0.3, 0.4) is 0 Å². The number of hydrogen-bond acceptors (Lipinski definition) is 7. The summed E-state index contributed by atoms with van der Waals surface area (Å²) in [5.74, 6) is -2.30. The van der Waals surface area contributed by atoms with Gasteiger partial charge in [-0.15, -0.1) is 13.2 Å². The molecule has 4 aliphatic rings. The minimum atomic E-state index is -1.16. The van der Waals surface area contributed by atoms with Gasteiger partial charge >= 0.3 is 0 Å². The number of likely N-dealkylation sites (N-methyl/N-ethyl adjacent to an activating group) is 1. The average Bonchev–Trinajstić information content (AvgIpc) is 3.48. The molecule has 1 N–H and O–H groups in total. The van der Waals surface area contributed by atoms with Crippen molar-refractivity contribution in [1.29, 1.82) is 0 Å². The lowest BCUT2D eigenvalue weighted by Crippen LogP contribution is -2.60. The van der Waals surface area contributed by atoms with Crippen molar-refractivity contribution in [2.24, 2.45) is 23.7 Å². The summed E-state index contributed by atoms with van der Waals surface area (Å²) in [6.07, 6.45) is 4.58. The lowest BCUT2D eigenvalue weighted by Gasteiger charge is -2.41. The van der Waals surface area contributed by atoms with E-state index in [4.69, 9.17) is 9.47 Å². The summed E-state index contributed by atoms with van der Waals surface area (Å²) in [6.45, 7) is 20.1. The van der Waals surface area contributed by atoms with Gasteiger partial charge in [-0.3, -0.25) is 19.3 Å². The van der Waals surface area contributed by atoms with Crippen molar-refractivity contribution in [1.82, 2.24) is 19.6 Å². The molecule has 0 saturated carbocycles. The smallest absolute Gasteiger partial charge is 0.248 e. The topological polar surface area (TPSA) is 103 Å². The van der Waals surface area contributed by atoms with E-state index in [0.29, 0.717) is 45.8 Å². The number of aliphatic hydroxyl groups is 1. The second kappa shape index (κ2) is 12.5. The maximum Gasteiger partial charge on any atom is 0.248 e. The van der Waals surface area contributed by atoms with E-state index in [9.17, 15) is 19.5 Å². The van der Waals surface area contributed by atoms with Gasteiger partial charge in [-0.2, -0.15) is 0 Å². The summed E-state index contributed by atoms with van der Waals surface area (Å²) in [6, 6.07) is -1.51. The third-order valence-corrected chi connectivity index (χ3v) is 10.3. The Labute approximate surface area is 245 Å². The molecule has 41 heavy (non-hydrogen) atoms. The van der Waals surface area contributed by atoms with Gasteiger partial charge in [0.25, 0.3) is 0 Å². The number of carbonyl (C=O) groups excluding carboxylic acids is 3. The lowest BCUT2D eigenvalue weighted by molar-refractivity contribution is -0.158. The van der Waals surface area contributed by atoms with Crippen LogP contribution in [-0.4, -0.2) is 132 Å². The molecule has 0 radical (unpaired) electrons. The van der Waals surface area contributed by atoms with Gasteiger partial charge in [0, 0.05) is 46.3 Å². The maximum atomic E-state index is 14.7. The fourth-order valence-electron chi connectivity index (χ4n) is 7.73. The van der Waals surface area contributed by atoms with Crippen LogP contribution in [0.2, 0.25) is 0 Å². The van der Waals surface area contributed by atoms with Gasteiger partial charge in [0.15, 0.2) is 0 Å². The SMILES string of the molecule is C=CCN(C)C(=O)[C@@H]1[C@H]2C(=O)N([C@@H](CO)[C@@H](C)CC)C(C(=O)N(CC=C)CCN3CCOCC3)C23CC(C)[C@@]1(C)O3. The highest BCUT2D eigenvalue weighted by molar-refractivity contribution is 5.99. The van der Waals surface area contributed by atoms with E-state index < -0.39 is 35.1 Å². The molecule has 10 nitrogen and oxygen atoms in total. The fraction of sp³-hybridized carbons (Fsp3) is 0.774. The van der Waals surface area contributed by atoms with Crippen molar-refractivity contribution in [3.63, 3.8) is 0 Å². The molecule has 0 aromatic rings. The Hall–Kier alpha value is -2.27. The van der Waals surface area contributed by atoms with E-state index in [2.05, 4.69) is 18.1 Å². The quantitative estimate of drug-likeness (QED) is 0.332. The Morgan fingerprint density at radius 1 is 1.20 bits per heavy atom. The number of likely N-dealkylation sites (tertiary alicyclic amines) is 1. The zero-order chi connectivity index (χ0) is 30.1. The number of morpholine rings is 1. The highest BCUT2D eigenvalue weighted by Gasteiger charge is 2.80. The molecule has 1 spiro atoms. The Balaban J connectivity index is 1.77. The molecule has 2 bridgehead atoms. The van der Waals surface area contributed by atoms with Crippen LogP contribution in [0.1, 0.15) is 40.5 Å². The van der Waals surface area contributed by atoms with Gasteiger partial charge in [-0.1, -0.05) is 39.3 Å². The second-order valence-electron chi connectivity index (χ2n) is 12.6. The first-order valence-corrected chi connectivity index (χ1v) is 15.2. The van der Waals surface area contributed by atoms with E-state index in [0.717, 1.165) is 19.5 Å². The third-order valence-electron chi connectivity index (χ3n) is 10.3. The van der Waals surface area contributed by atoms with Crippen molar-refractivity contribution in [3.8, 4) is 0 Å². The molecule has 4 rings (SSSR count). The first-order valence-electron chi connectivity index (χ1n) is 15.2. The van der Waals surface area contributed by atoms with Crippen molar-refractivity contribution in [2.45, 2.75) is 63.8 Å². The maximum absolute atomic E-state index is 14.7. The van der Waals surface area contributed by atoms with Gasteiger partial charge in [0.1, 0.15) is 11.6 Å². The van der Waals surface area contributed by atoms with E-state index in [1.54, 1.807) is 33.9 Å². The van der Waals surface area contributed by atoms with Crippen LogP contribution < -0.4 is 0 Å². The van der Waals surface area contributed by atoms with Crippen molar-refractivity contribution in [3.05, 3.63) is 25.3 Å². The molecule has 8 atom stereocenters. The normalized spacial score (nSPS) is 34.3. The van der Waals surface area contributed by atoms with Gasteiger partial charge < -0.3 is 29.3 Å². The molecule has 0 aliphatic carbocycles. The number of aliphatic hydroxyl groups excluding tert-OH is 1. The number of fused-ring (bicyclic) bond motifs is 1. The van der Waals surface area contributed by atoms with Crippen molar-refractivity contribution >= 4 is 17.7 Å². The Morgan fingerprint density at radius 3 is 2.44 bits per heavy atom. The largest absolute Gasteiger partial charge is 0.394 e. The number of nitrogens with zero attached hydrogens (tertiary/aromatic N) is 4. The number of hydrogen-bond donors (Lipinski definition) is 1. The van der Waals surface area contributed by atoms with Crippen LogP contribution in [-0.2, 0) is 23.9 Å². The van der Waals surface area contributed by atoms with Gasteiger partial charge in [0.2, 0.25) is 17.7 Å². The zero-order valence-electron chi connectivity index (χ0n) is 25.6. The first-order chi connectivity index (χ1) is 19.5. The van der Waals surface area contributed by atoms with Gasteiger partial charge in [0.05, 0.1) is 43.3 Å². The fourth-order valence-corrected chi connectivity index (χ4v) is 7.73. The van der Waals surface area contributed by atoms with Crippen LogP contribution in [0.5, 0.6) is 0 Å². The Kier molecular flexibility index (Phi) is 9.68. The van der Waals surface area contributed by atoms with E-state index in [1.807, 2.05) is 27.7 Å². The highest BCUT2D eigenvalue weighted by Crippen LogP contribution is 2.66. The van der Waals surface area contributed by atoms with Crippen molar-refractivity contribution < 1.29 is 29.0 Å². The van der Waals surface area contributed by atoms with Crippen LogP contribution in [0.15, 0.2) is 25.3 Å². The average molecular weight is 575 g/mol. The van der Waals surface area contributed by atoms with Crippen LogP contribution in [0.25, 0.3) is 0 Å². The summed E-state index contributed by atoms with van der Waals surface area (Å²) in [5.41, 5.74) is -2.05. The zero-order valence-corrected chi connectivity index (χ0v) is 25.6. The van der Waals surface area contributed by atoms with Crippen molar-refractivity contribution in [2.75, 3.05) is 66.1 Å². The molecule has 230 valence electrons. The van der Waals surface area contributed by atoms with Crippen LogP contribution >= 0.6 is 0 Å².